The SMILES string of the molecule is CCc1ccc(S(=O)(=O)N2CC=C(C)CC2)cc1CO. The van der Waals surface area contributed by atoms with E-state index in [1.54, 1.807) is 18.2 Å². The van der Waals surface area contributed by atoms with E-state index in [0.29, 0.717) is 18.7 Å². The van der Waals surface area contributed by atoms with Gasteiger partial charge in [0.15, 0.2) is 0 Å². The van der Waals surface area contributed by atoms with Crippen LogP contribution in [0.25, 0.3) is 0 Å². The summed E-state index contributed by atoms with van der Waals surface area (Å²) in [6.07, 6.45) is 3.51. The summed E-state index contributed by atoms with van der Waals surface area (Å²) < 4.78 is 26.6. The van der Waals surface area contributed by atoms with E-state index in [0.717, 1.165) is 18.4 Å². The summed E-state index contributed by atoms with van der Waals surface area (Å²) in [6.45, 7) is 4.82. The number of sulfonamides is 1. The maximum atomic E-state index is 12.6. The molecule has 0 aromatic heterocycles. The highest BCUT2D eigenvalue weighted by Gasteiger charge is 2.25. The van der Waals surface area contributed by atoms with Crippen LogP contribution in [0.3, 0.4) is 0 Å². The molecule has 0 saturated heterocycles. The molecule has 0 saturated carbocycles. The van der Waals surface area contributed by atoms with E-state index in [4.69, 9.17) is 0 Å². The summed E-state index contributed by atoms with van der Waals surface area (Å²) in [7, 11) is -3.47. The van der Waals surface area contributed by atoms with Crippen molar-refractivity contribution in [2.75, 3.05) is 13.1 Å². The van der Waals surface area contributed by atoms with Crippen LogP contribution in [0, 0.1) is 0 Å². The molecule has 5 heteroatoms. The molecule has 110 valence electrons. The second-order valence-corrected chi connectivity index (χ2v) is 7.04. The second-order valence-electron chi connectivity index (χ2n) is 5.11. The van der Waals surface area contributed by atoms with Gasteiger partial charge in [-0.05, 0) is 43.0 Å². The van der Waals surface area contributed by atoms with Crippen LogP contribution < -0.4 is 0 Å². The standard InChI is InChI=1S/C15H21NO3S/c1-3-13-4-5-15(10-14(13)11-17)20(18,19)16-8-6-12(2)7-9-16/h4-6,10,17H,3,7-9,11H2,1-2H3. The third kappa shape index (κ3) is 2.95. The van der Waals surface area contributed by atoms with Gasteiger partial charge in [-0.3, -0.25) is 0 Å². The first-order valence-corrected chi connectivity index (χ1v) is 8.31. The molecule has 0 amide bonds. The molecule has 0 atom stereocenters. The van der Waals surface area contributed by atoms with E-state index in [2.05, 4.69) is 0 Å². The molecule has 4 nitrogen and oxygen atoms in total. The van der Waals surface area contributed by atoms with E-state index in [-0.39, 0.29) is 11.5 Å². The number of aliphatic hydroxyl groups is 1. The topological polar surface area (TPSA) is 57.6 Å². The molecule has 1 heterocycles. The normalized spacial score (nSPS) is 17.1. The summed E-state index contributed by atoms with van der Waals surface area (Å²) in [4.78, 5) is 0.270. The fraction of sp³-hybridized carbons (Fsp3) is 0.467. The minimum atomic E-state index is -3.47. The van der Waals surface area contributed by atoms with Crippen molar-refractivity contribution in [2.24, 2.45) is 0 Å². The van der Waals surface area contributed by atoms with E-state index in [1.807, 2.05) is 19.9 Å². The third-order valence-electron chi connectivity index (χ3n) is 3.77. The van der Waals surface area contributed by atoms with Crippen molar-refractivity contribution in [1.29, 1.82) is 0 Å². The number of hydrogen-bond acceptors (Lipinski definition) is 3. The fourth-order valence-corrected chi connectivity index (χ4v) is 3.81. The molecule has 0 bridgehead atoms. The minimum Gasteiger partial charge on any atom is -0.392 e. The van der Waals surface area contributed by atoms with E-state index < -0.39 is 10.0 Å². The largest absolute Gasteiger partial charge is 0.392 e. The van der Waals surface area contributed by atoms with Gasteiger partial charge in [0, 0.05) is 13.1 Å². The van der Waals surface area contributed by atoms with Gasteiger partial charge in [0.05, 0.1) is 11.5 Å². The van der Waals surface area contributed by atoms with Crippen LogP contribution in [0.2, 0.25) is 0 Å². The number of benzene rings is 1. The Hall–Kier alpha value is -1.17. The maximum absolute atomic E-state index is 12.6. The van der Waals surface area contributed by atoms with Crippen LogP contribution >= 0.6 is 0 Å². The Balaban J connectivity index is 2.35. The molecule has 1 N–H and O–H groups in total. The zero-order chi connectivity index (χ0) is 14.8. The summed E-state index contributed by atoms with van der Waals surface area (Å²) in [6, 6.07) is 5.03. The zero-order valence-corrected chi connectivity index (χ0v) is 12.8. The lowest BCUT2D eigenvalue weighted by atomic mass is 10.1. The maximum Gasteiger partial charge on any atom is 0.243 e. The van der Waals surface area contributed by atoms with Gasteiger partial charge in [0.25, 0.3) is 0 Å². The van der Waals surface area contributed by atoms with Crippen molar-refractivity contribution in [3.63, 3.8) is 0 Å². The third-order valence-corrected chi connectivity index (χ3v) is 5.63. The van der Waals surface area contributed by atoms with E-state index >= 15 is 0 Å². The molecule has 1 aliphatic heterocycles. The molecular formula is C15H21NO3S. The zero-order valence-electron chi connectivity index (χ0n) is 12.0. The van der Waals surface area contributed by atoms with Crippen LogP contribution in [0.4, 0.5) is 0 Å². The molecule has 1 aliphatic rings. The van der Waals surface area contributed by atoms with E-state index in [1.165, 1.54) is 9.88 Å². The highest BCUT2D eigenvalue weighted by Crippen LogP contribution is 2.23. The van der Waals surface area contributed by atoms with Gasteiger partial charge >= 0.3 is 0 Å². The molecule has 0 radical (unpaired) electrons. The molecule has 0 unspecified atom stereocenters. The lowest BCUT2D eigenvalue weighted by molar-refractivity contribution is 0.280. The van der Waals surface area contributed by atoms with Gasteiger partial charge in [0.2, 0.25) is 10.0 Å². The minimum absolute atomic E-state index is 0.133. The van der Waals surface area contributed by atoms with Crippen LogP contribution in [0.15, 0.2) is 34.7 Å². The number of nitrogens with zero attached hydrogens (tertiary/aromatic N) is 1. The van der Waals surface area contributed by atoms with Gasteiger partial charge in [-0.15, -0.1) is 0 Å². The number of hydrogen-bond donors (Lipinski definition) is 1. The Morgan fingerprint density at radius 2 is 2.05 bits per heavy atom. The second kappa shape index (κ2) is 6.08. The Bertz CT molecular complexity index is 620. The summed E-state index contributed by atoms with van der Waals surface area (Å²) >= 11 is 0. The van der Waals surface area contributed by atoms with Gasteiger partial charge in [0.1, 0.15) is 0 Å². The smallest absolute Gasteiger partial charge is 0.243 e. The van der Waals surface area contributed by atoms with Crippen molar-refractivity contribution < 1.29 is 13.5 Å². The van der Waals surface area contributed by atoms with Crippen molar-refractivity contribution >= 4 is 10.0 Å². The van der Waals surface area contributed by atoms with Crippen LogP contribution in [0.1, 0.15) is 31.4 Å². The summed E-state index contributed by atoms with van der Waals surface area (Å²) in [5.41, 5.74) is 2.91. The van der Waals surface area contributed by atoms with Crippen molar-refractivity contribution in [3.05, 3.63) is 41.0 Å². The van der Waals surface area contributed by atoms with Crippen molar-refractivity contribution in [3.8, 4) is 0 Å². The van der Waals surface area contributed by atoms with Gasteiger partial charge in [-0.2, -0.15) is 4.31 Å². The highest BCUT2D eigenvalue weighted by atomic mass is 32.2. The first-order valence-electron chi connectivity index (χ1n) is 6.87. The molecule has 0 fully saturated rings. The first-order chi connectivity index (χ1) is 9.48. The Kier molecular flexibility index (Phi) is 4.62. The van der Waals surface area contributed by atoms with Gasteiger partial charge in [-0.25, -0.2) is 8.42 Å². The molecule has 1 aromatic carbocycles. The molecule has 1 aromatic rings. The lowest BCUT2D eigenvalue weighted by Crippen LogP contribution is -2.34. The number of aliphatic hydroxyl groups excluding tert-OH is 1. The predicted molar refractivity (Wildman–Crippen MR) is 78.9 cm³/mol. The van der Waals surface area contributed by atoms with Crippen LogP contribution in [-0.4, -0.2) is 30.9 Å². The molecule has 0 aliphatic carbocycles. The monoisotopic (exact) mass is 295 g/mol. The number of aryl methyl sites for hydroxylation is 1. The predicted octanol–water partition coefficient (Wildman–Crippen LogP) is 2.08. The van der Waals surface area contributed by atoms with Crippen LogP contribution in [-0.2, 0) is 23.1 Å². The van der Waals surface area contributed by atoms with Gasteiger partial charge in [-0.1, -0.05) is 24.6 Å². The molecular weight excluding hydrogens is 274 g/mol. The number of rotatable bonds is 4. The van der Waals surface area contributed by atoms with Gasteiger partial charge < -0.3 is 5.11 Å². The van der Waals surface area contributed by atoms with Crippen molar-refractivity contribution in [1.82, 2.24) is 4.31 Å². The molecule has 20 heavy (non-hydrogen) atoms. The summed E-state index contributed by atoms with van der Waals surface area (Å²) in [5, 5.41) is 9.37. The average molecular weight is 295 g/mol. The fourth-order valence-electron chi connectivity index (χ4n) is 2.37. The van der Waals surface area contributed by atoms with Crippen molar-refractivity contribution in [2.45, 2.75) is 38.2 Å². The summed E-state index contributed by atoms with van der Waals surface area (Å²) in [5.74, 6) is 0. The van der Waals surface area contributed by atoms with E-state index in [9.17, 15) is 13.5 Å². The molecule has 0 spiro atoms. The highest BCUT2D eigenvalue weighted by molar-refractivity contribution is 7.89. The first kappa shape index (κ1) is 15.2. The quantitative estimate of drug-likeness (QED) is 0.865. The Morgan fingerprint density at radius 3 is 2.60 bits per heavy atom. The average Bonchev–Trinajstić information content (AvgIpc) is 2.46. The Labute approximate surface area is 120 Å². The lowest BCUT2D eigenvalue weighted by Gasteiger charge is -2.25. The van der Waals surface area contributed by atoms with Crippen LogP contribution in [0.5, 0.6) is 0 Å². The Morgan fingerprint density at radius 1 is 1.30 bits per heavy atom. The molecule has 2 rings (SSSR count).